The Kier molecular flexibility index (Phi) is 5.70. The molecule has 0 aliphatic rings. The summed E-state index contributed by atoms with van der Waals surface area (Å²) < 4.78 is 0. The van der Waals surface area contributed by atoms with Gasteiger partial charge in [0.15, 0.2) is 0 Å². The number of aliphatic hydroxyl groups is 1. The van der Waals surface area contributed by atoms with Gasteiger partial charge in [0.25, 0.3) is 0 Å². The second-order valence-electron chi connectivity index (χ2n) is 4.47. The Morgan fingerprint density at radius 3 is 2.59 bits per heavy atom. The maximum Gasteiger partial charge on any atom is 0.220 e. The third-order valence-electron chi connectivity index (χ3n) is 2.73. The standard InChI is InChI=1S/C14H21NO2/c1-11-3-5-13(6-4-11)7-8-14(17)15-12(2)9-10-16/h3-6,12,16H,7-10H2,1-2H3,(H,15,17). The first kappa shape index (κ1) is 13.7. The van der Waals surface area contributed by atoms with Crippen molar-refractivity contribution in [3.63, 3.8) is 0 Å². The van der Waals surface area contributed by atoms with E-state index in [4.69, 9.17) is 5.11 Å². The van der Waals surface area contributed by atoms with Crippen LogP contribution >= 0.6 is 0 Å². The molecule has 3 heteroatoms. The molecule has 1 atom stereocenters. The summed E-state index contributed by atoms with van der Waals surface area (Å²) in [5.74, 6) is 0.0477. The van der Waals surface area contributed by atoms with Gasteiger partial charge in [-0.3, -0.25) is 4.79 Å². The summed E-state index contributed by atoms with van der Waals surface area (Å²) in [7, 11) is 0. The van der Waals surface area contributed by atoms with Gasteiger partial charge in [0.2, 0.25) is 5.91 Å². The van der Waals surface area contributed by atoms with Crippen LogP contribution in [-0.4, -0.2) is 23.7 Å². The molecule has 1 amide bonds. The summed E-state index contributed by atoms with van der Waals surface area (Å²) in [4.78, 5) is 11.6. The second kappa shape index (κ2) is 7.07. The molecule has 2 N–H and O–H groups in total. The minimum absolute atomic E-state index is 0.0468. The van der Waals surface area contributed by atoms with Crippen molar-refractivity contribution in [1.29, 1.82) is 0 Å². The van der Waals surface area contributed by atoms with Crippen LogP contribution in [0.1, 0.15) is 30.9 Å². The van der Waals surface area contributed by atoms with Gasteiger partial charge >= 0.3 is 0 Å². The maximum absolute atomic E-state index is 11.6. The van der Waals surface area contributed by atoms with Crippen LogP contribution in [0.2, 0.25) is 0 Å². The second-order valence-corrected chi connectivity index (χ2v) is 4.47. The zero-order chi connectivity index (χ0) is 12.7. The normalized spacial score (nSPS) is 12.2. The number of carbonyl (C=O) groups excluding carboxylic acids is 1. The van der Waals surface area contributed by atoms with Crippen LogP contribution in [0, 0.1) is 6.92 Å². The summed E-state index contributed by atoms with van der Waals surface area (Å²) in [6.45, 7) is 4.06. The van der Waals surface area contributed by atoms with Gasteiger partial charge in [-0.1, -0.05) is 29.8 Å². The molecule has 0 radical (unpaired) electrons. The van der Waals surface area contributed by atoms with Crippen LogP contribution in [0.4, 0.5) is 0 Å². The van der Waals surface area contributed by atoms with E-state index in [1.165, 1.54) is 11.1 Å². The maximum atomic E-state index is 11.6. The lowest BCUT2D eigenvalue weighted by atomic mass is 10.1. The quantitative estimate of drug-likeness (QED) is 0.790. The van der Waals surface area contributed by atoms with E-state index in [1.54, 1.807) is 0 Å². The van der Waals surface area contributed by atoms with E-state index in [0.29, 0.717) is 12.8 Å². The van der Waals surface area contributed by atoms with Gasteiger partial charge in [0.1, 0.15) is 0 Å². The average Bonchev–Trinajstić information content (AvgIpc) is 2.28. The largest absolute Gasteiger partial charge is 0.396 e. The molecular weight excluding hydrogens is 214 g/mol. The Bertz CT molecular complexity index is 346. The zero-order valence-corrected chi connectivity index (χ0v) is 10.6. The SMILES string of the molecule is Cc1ccc(CCC(=O)NC(C)CCO)cc1. The van der Waals surface area contributed by atoms with Crippen LogP contribution in [0.5, 0.6) is 0 Å². The first-order valence-corrected chi connectivity index (χ1v) is 6.07. The summed E-state index contributed by atoms with van der Waals surface area (Å²) in [6, 6.07) is 8.27. The molecule has 0 fully saturated rings. The lowest BCUT2D eigenvalue weighted by Gasteiger charge is -2.12. The van der Waals surface area contributed by atoms with Gasteiger partial charge in [-0.15, -0.1) is 0 Å². The summed E-state index contributed by atoms with van der Waals surface area (Å²) >= 11 is 0. The van der Waals surface area contributed by atoms with Crippen LogP contribution in [0.15, 0.2) is 24.3 Å². The molecule has 1 aromatic rings. The predicted molar refractivity (Wildman–Crippen MR) is 68.8 cm³/mol. The topological polar surface area (TPSA) is 49.3 Å². The van der Waals surface area contributed by atoms with E-state index in [-0.39, 0.29) is 18.6 Å². The molecule has 94 valence electrons. The molecule has 1 unspecified atom stereocenters. The van der Waals surface area contributed by atoms with Crippen molar-refractivity contribution >= 4 is 5.91 Å². The average molecular weight is 235 g/mol. The van der Waals surface area contributed by atoms with Crippen LogP contribution in [-0.2, 0) is 11.2 Å². The third kappa shape index (κ3) is 5.50. The highest BCUT2D eigenvalue weighted by Crippen LogP contribution is 2.05. The Hall–Kier alpha value is -1.35. The first-order chi connectivity index (χ1) is 8.11. The zero-order valence-electron chi connectivity index (χ0n) is 10.6. The number of hydrogen-bond acceptors (Lipinski definition) is 2. The highest BCUT2D eigenvalue weighted by molar-refractivity contribution is 5.76. The molecule has 0 bridgehead atoms. The first-order valence-electron chi connectivity index (χ1n) is 6.07. The monoisotopic (exact) mass is 235 g/mol. The van der Waals surface area contributed by atoms with Crippen LogP contribution in [0.25, 0.3) is 0 Å². The minimum atomic E-state index is 0.0468. The predicted octanol–water partition coefficient (Wildman–Crippen LogP) is 1.81. The van der Waals surface area contributed by atoms with E-state index in [0.717, 1.165) is 6.42 Å². The van der Waals surface area contributed by atoms with Gasteiger partial charge in [0.05, 0.1) is 0 Å². The van der Waals surface area contributed by atoms with Crippen molar-refractivity contribution in [3.05, 3.63) is 35.4 Å². The molecule has 1 rings (SSSR count). The van der Waals surface area contributed by atoms with Gasteiger partial charge in [-0.25, -0.2) is 0 Å². The summed E-state index contributed by atoms with van der Waals surface area (Å²) in [6.07, 6.45) is 1.87. The van der Waals surface area contributed by atoms with Crippen molar-refractivity contribution in [2.45, 2.75) is 39.2 Å². The van der Waals surface area contributed by atoms with Gasteiger partial charge in [0, 0.05) is 19.1 Å². The molecule has 1 aromatic carbocycles. The van der Waals surface area contributed by atoms with Crippen molar-refractivity contribution in [1.82, 2.24) is 5.32 Å². The molecule has 0 aromatic heterocycles. The third-order valence-corrected chi connectivity index (χ3v) is 2.73. The molecule has 0 aliphatic carbocycles. The Labute approximate surface area is 103 Å². The van der Waals surface area contributed by atoms with Crippen LogP contribution in [0.3, 0.4) is 0 Å². The minimum Gasteiger partial charge on any atom is -0.396 e. The Morgan fingerprint density at radius 2 is 2.00 bits per heavy atom. The number of aryl methyl sites for hydroxylation is 2. The van der Waals surface area contributed by atoms with E-state index >= 15 is 0 Å². The number of aliphatic hydroxyl groups excluding tert-OH is 1. The fourth-order valence-electron chi connectivity index (χ4n) is 1.63. The number of rotatable bonds is 6. The number of hydrogen-bond donors (Lipinski definition) is 2. The summed E-state index contributed by atoms with van der Waals surface area (Å²) in [5.41, 5.74) is 2.41. The van der Waals surface area contributed by atoms with E-state index in [9.17, 15) is 4.79 Å². The number of amides is 1. The van der Waals surface area contributed by atoms with Crippen LogP contribution < -0.4 is 5.32 Å². The van der Waals surface area contributed by atoms with E-state index in [1.807, 2.05) is 13.8 Å². The molecule has 0 saturated heterocycles. The summed E-state index contributed by atoms with van der Waals surface area (Å²) in [5, 5.41) is 11.6. The van der Waals surface area contributed by atoms with Gasteiger partial charge in [-0.05, 0) is 32.3 Å². The Balaban J connectivity index is 2.30. The molecule has 17 heavy (non-hydrogen) atoms. The van der Waals surface area contributed by atoms with Crippen molar-refractivity contribution in [2.75, 3.05) is 6.61 Å². The smallest absolute Gasteiger partial charge is 0.220 e. The van der Waals surface area contributed by atoms with E-state index in [2.05, 4.69) is 29.6 Å². The highest BCUT2D eigenvalue weighted by atomic mass is 16.3. The van der Waals surface area contributed by atoms with Gasteiger partial charge < -0.3 is 10.4 Å². The lowest BCUT2D eigenvalue weighted by molar-refractivity contribution is -0.121. The number of benzene rings is 1. The Morgan fingerprint density at radius 1 is 1.35 bits per heavy atom. The fourth-order valence-corrected chi connectivity index (χ4v) is 1.63. The van der Waals surface area contributed by atoms with Crippen molar-refractivity contribution in [3.8, 4) is 0 Å². The lowest BCUT2D eigenvalue weighted by Crippen LogP contribution is -2.33. The number of carbonyl (C=O) groups is 1. The highest BCUT2D eigenvalue weighted by Gasteiger charge is 2.06. The van der Waals surface area contributed by atoms with Gasteiger partial charge in [-0.2, -0.15) is 0 Å². The number of nitrogens with one attached hydrogen (secondary N) is 1. The fraction of sp³-hybridized carbons (Fsp3) is 0.500. The molecular formula is C14H21NO2. The molecule has 0 spiro atoms. The van der Waals surface area contributed by atoms with Crippen molar-refractivity contribution < 1.29 is 9.90 Å². The molecule has 0 saturated carbocycles. The van der Waals surface area contributed by atoms with E-state index < -0.39 is 0 Å². The molecule has 0 aliphatic heterocycles. The molecule has 3 nitrogen and oxygen atoms in total. The van der Waals surface area contributed by atoms with Crippen molar-refractivity contribution in [2.24, 2.45) is 0 Å². The molecule has 0 heterocycles.